The van der Waals surface area contributed by atoms with Gasteiger partial charge in [-0.05, 0) is 5.57 Å². The highest BCUT2D eigenvalue weighted by Gasteiger charge is 1.90. The SMILES string of the molecule is SCCNCC1=C/C=C\C=C/C=C\1. The molecule has 2 heteroatoms. The summed E-state index contributed by atoms with van der Waals surface area (Å²) >= 11 is 4.13. The smallest absolute Gasteiger partial charge is 0.0205 e. The highest BCUT2D eigenvalue weighted by atomic mass is 32.1. The van der Waals surface area contributed by atoms with E-state index >= 15 is 0 Å². The summed E-state index contributed by atoms with van der Waals surface area (Å²) < 4.78 is 0. The van der Waals surface area contributed by atoms with E-state index in [1.54, 1.807) is 0 Å². The molecule has 0 amide bonds. The molecule has 0 aliphatic heterocycles. The van der Waals surface area contributed by atoms with Crippen molar-refractivity contribution in [3.63, 3.8) is 0 Å². The maximum absolute atomic E-state index is 4.13. The van der Waals surface area contributed by atoms with Gasteiger partial charge < -0.3 is 5.32 Å². The van der Waals surface area contributed by atoms with Gasteiger partial charge in [-0.2, -0.15) is 12.6 Å². The second-order valence-electron chi connectivity index (χ2n) is 2.77. The predicted octanol–water partition coefficient (Wildman–Crippen LogP) is 2.11. The third kappa shape index (κ3) is 4.76. The molecule has 1 aliphatic carbocycles. The molecule has 0 bridgehead atoms. The molecule has 0 fully saturated rings. The fourth-order valence-corrected chi connectivity index (χ4v) is 1.19. The Bertz CT molecular complexity index is 249. The minimum atomic E-state index is 0.882. The summed E-state index contributed by atoms with van der Waals surface area (Å²) in [4.78, 5) is 0. The molecule has 0 saturated heterocycles. The monoisotopic (exact) mass is 193 g/mol. The first kappa shape index (κ1) is 10.4. The molecule has 0 aromatic rings. The maximum atomic E-state index is 4.13. The molecule has 70 valence electrons. The average Bonchev–Trinajstić information content (AvgIpc) is 2.08. The molecule has 0 heterocycles. The van der Waals surface area contributed by atoms with Gasteiger partial charge in [0.25, 0.3) is 0 Å². The van der Waals surface area contributed by atoms with Crippen LogP contribution in [0.2, 0.25) is 0 Å². The first-order valence-corrected chi connectivity index (χ1v) is 5.09. The van der Waals surface area contributed by atoms with Gasteiger partial charge in [-0.25, -0.2) is 0 Å². The number of hydrogen-bond acceptors (Lipinski definition) is 2. The van der Waals surface area contributed by atoms with Crippen molar-refractivity contribution in [3.05, 3.63) is 48.1 Å². The van der Waals surface area contributed by atoms with Crippen LogP contribution in [0, 0.1) is 0 Å². The number of hydrogen-bond donors (Lipinski definition) is 2. The van der Waals surface area contributed by atoms with E-state index in [9.17, 15) is 0 Å². The first-order chi connectivity index (χ1) is 6.43. The normalized spacial score (nSPS) is 26.7. The number of rotatable bonds is 4. The summed E-state index contributed by atoms with van der Waals surface area (Å²) in [6.45, 7) is 1.86. The molecule has 0 spiro atoms. The van der Waals surface area contributed by atoms with Crippen molar-refractivity contribution in [1.82, 2.24) is 5.32 Å². The van der Waals surface area contributed by atoms with E-state index in [-0.39, 0.29) is 0 Å². The molecule has 0 radical (unpaired) electrons. The summed E-state index contributed by atoms with van der Waals surface area (Å²) in [5, 5.41) is 3.30. The third-order valence-corrected chi connectivity index (χ3v) is 1.91. The molecule has 0 aromatic carbocycles. The van der Waals surface area contributed by atoms with Gasteiger partial charge in [-0.15, -0.1) is 0 Å². The summed E-state index contributed by atoms with van der Waals surface area (Å²) in [6.07, 6.45) is 14.4. The Morgan fingerprint density at radius 3 is 2.69 bits per heavy atom. The number of allylic oxidation sites excluding steroid dienone is 6. The van der Waals surface area contributed by atoms with Crippen LogP contribution >= 0.6 is 12.6 Å². The zero-order valence-electron chi connectivity index (χ0n) is 7.61. The van der Waals surface area contributed by atoms with E-state index in [0.29, 0.717) is 0 Å². The van der Waals surface area contributed by atoms with Crippen LogP contribution in [0.5, 0.6) is 0 Å². The van der Waals surface area contributed by atoms with Crippen molar-refractivity contribution < 1.29 is 0 Å². The Balaban J connectivity index is 2.39. The van der Waals surface area contributed by atoms with Crippen molar-refractivity contribution in [2.75, 3.05) is 18.8 Å². The van der Waals surface area contributed by atoms with Crippen LogP contribution < -0.4 is 5.32 Å². The van der Waals surface area contributed by atoms with Gasteiger partial charge in [0.05, 0.1) is 0 Å². The zero-order valence-corrected chi connectivity index (χ0v) is 8.50. The van der Waals surface area contributed by atoms with E-state index < -0.39 is 0 Å². The van der Waals surface area contributed by atoms with Gasteiger partial charge in [0.15, 0.2) is 0 Å². The third-order valence-electron chi connectivity index (χ3n) is 1.68. The second-order valence-corrected chi connectivity index (χ2v) is 3.22. The van der Waals surface area contributed by atoms with E-state index in [4.69, 9.17) is 0 Å². The fourth-order valence-electron chi connectivity index (χ4n) is 1.04. The molecule has 0 atom stereocenters. The topological polar surface area (TPSA) is 12.0 Å². The van der Waals surface area contributed by atoms with Gasteiger partial charge >= 0.3 is 0 Å². The van der Waals surface area contributed by atoms with Gasteiger partial charge in [0, 0.05) is 18.8 Å². The Labute approximate surface area is 85.3 Å². The van der Waals surface area contributed by atoms with Gasteiger partial charge in [-0.3, -0.25) is 0 Å². The van der Waals surface area contributed by atoms with Crippen molar-refractivity contribution >= 4 is 12.6 Å². The molecule has 0 saturated carbocycles. The molecule has 1 aliphatic rings. The van der Waals surface area contributed by atoms with Crippen LogP contribution in [-0.2, 0) is 0 Å². The van der Waals surface area contributed by atoms with Crippen LogP contribution in [0.15, 0.2) is 48.1 Å². The van der Waals surface area contributed by atoms with E-state index in [0.717, 1.165) is 18.8 Å². The molecular weight excluding hydrogens is 178 g/mol. The van der Waals surface area contributed by atoms with Crippen LogP contribution in [0.25, 0.3) is 0 Å². The number of nitrogens with one attached hydrogen (secondary N) is 1. The van der Waals surface area contributed by atoms with E-state index in [2.05, 4.69) is 42.2 Å². The Hall–Kier alpha value is -0.730. The second kappa shape index (κ2) is 6.75. The predicted molar refractivity (Wildman–Crippen MR) is 62.2 cm³/mol. The lowest BCUT2D eigenvalue weighted by atomic mass is 10.2. The van der Waals surface area contributed by atoms with Crippen molar-refractivity contribution in [2.24, 2.45) is 0 Å². The van der Waals surface area contributed by atoms with Crippen LogP contribution in [0.1, 0.15) is 0 Å². The molecule has 0 unspecified atom stereocenters. The average molecular weight is 193 g/mol. The molecular formula is C11H15NS. The van der Waals surface area contributed by atoms with Gasteiger partial charge in [-0.1, -0.05) is 42.5 Å². The quantitative estimate of drug-likeness (QED) is 0.515. The lowest BCUT2D eigenvalue weighted by molar-refractivity contribution is 0.792. The number of thiol groups is 1. The molecule has 1 N–H and O–H groups in total. The lowest BCUT2D eigenvalue weighted by Crippen LogP contribution is -2.18. The van der Waals surface area contributed by atoms with Crippen molar-refractivity contribution in [1.29, 1.82) is 0 Å². The summed E-state index contributed by atoms with van der Waals surface area (Å²) in [5.74, 6) is 0.882. The Kier molecular flexibility index (Phi) is 5.38. The van der Waals surface area contributed by atoms with Gasteiger partial charge in [0.2, 0.25) is 0 Å². The Morgan fingerprint density at radius 2 is 1.85 bits per heavy atom. The fraction of sp³-hybridized carbons (Fsp3) is 0.273. The zero-order chi connectivity index (χ0) is 9.36. The van der Waals surface area contributed by atoms with Crippen molar-refractivity contribution in [3.8, 4) is 0 Å². The summed E-state index contributed by atoms with van der Waals surface area (Å²) in [6, 6.07) is 0. The van der Waals surface area contributed by atoms with E-state index in [1.165, 1.54) is 5.57 Å². The van der Waals surface area contributed by atoms with Crippen LogP contribution in [-0.4, -0.2) is 18.8 Å². The maximum Gasteiger partial charge on any atom is 0.0205 e. The first-order valence-electron chi connectivity index (χ1n) is 4.45. The Morgan fingerprint density at radius 1 is 1.08 bits per heavy atom. The van der Waals surface area contributed by atoms with Crippen LogP contribution in [0.3, 0.4) is 0 Å². The molecule has 1 rings (SSSR count). The summed E-state index contributed by atoms with van der Waals surface area (Å²) in [7, 11) is 0. The van der Waals surface area contributed by atoms with Crippen LogP contribution in [0.4, 0.5) is 0 Å². The largest absolute Gasteiger partial charge is 0.312 e. The summed E-state index contributed by atoms with van der Waals surface area (Å²) in [5.41, 5.74) is 1.29. The lowest BCUT2D eigenvalue weighted by Gasteiger charge is -2.03. The van der Waals surface area contributed by atoms with E-state index in [1.807, 2.05) is 18.2 Å². The highest BCUT2D eigenvalue weighted by Crippen LogP contribution is 1.99. The highest BCUT2D eigenvalue weighted by molar-refractivity contribution is 7.80. The molecule has 0 aromatic heterocycles. The minimum absolute atomic E-state index is 0.882. The standard InChI is InChI=1S/C11H15NS/c13-9-8-12-10-11-6-4-2-1-3-5-7-11/h1-7,12-13H,8-10H2/b2-1-,3-1?,4-2?,5-3-,6-4-,7-5?,11-6?,11-7+. The van der Waals surface area contributed by atoms with Gasteiger partial charge in [0.1, 0.15) is 0 Å². The minimum Gasteiger partial charge on any atom is -0.312 e. The molecule has 1 nitrogen and oxygen atoms in total. The van der Waals surface area contributed by atoms with Crippen molar-refractivity contribution in [2.45, 2.75) is 0 Å². The molecule has 13 heavy (non-hydrogen) atoms.